The van der Waals surface area contributed by atoms with Gasteiger partial charge in [-0.05, 0) is 62.0 Å². The Bertz CT molecular complexity index is 1100. The van der Waals surface area contributed by atoms with Crippen LogP contribution < -0.4 is 0 Å². The van der Waals surface area contributed by atoms with E-state index in [4.69, 9.17) is 6.42 Å². The van der Waals surface area contributed by atoms with Crippen molar-refractivity contribution in [2.75, 3.05) is 33.2 Å². The second-order valence-corrected chi connectivity index (χ2v) is 8.55. The lowest BCUT2D eigenvalue weighted by molar-refractivity contribution is -0.127. The molecule has 0 aromatic heterocycles. The van der Waals surface area contributed by atoms with Crippen LogP contribution in [0, 0.1) is 24.2 Å². The quantitative estimate of drug-likeness (QED) is 0.492. The number of terminal acetylenes is 1. The van der Waals surface area contributed by atoms with Crippen LogP contribution in [0.1, 0.15) is 37.8 Å². The number of allylic oxidation sites excluding steroid dienone is 4. The zero-order chi connectivity index (χ0) is 23.6. The number of aliphatic imine (C=N–C) groups is 1. The van der Waals surface area contributed by atoms with Crippen LogP contribution in [0.15, 0.2) is 63.7 Å². The number of carbonyl (C=O) groups excluding carboxylic acids is 1. The van der Waals surface area contributed by atoms with Crippen molar-refractivity contribution in [3.05, 3.63) is 69.8 Å². The lowest BCUT2D eigenvalue weighted by Crippen LogP contribution is -2.39. The molecule has 0 unspecified atom stereocenters. The van der Waals surface area contributed by atoms with Gasteiger partial charge in [0.25, 0.3) is 0 Å². The number of benzene rings is 1. The van der Waals surface area contributed by atoms with Crippen LogP contribution in [0.2, 0.25) is 0 Å². The summed E-state index contributed by atoms with van der Waals surface area (Å²) in [6.45, 7) is 8.44. The van der Waals surface area contributed by atoms with Gasteiger partial charge >= 0.3 is 0 Å². The van der Waals surface area contributed by atoms with E-state index in [0.717, 1.165) is 68.7 Å². The van der Waals surface area contributed by atoms with Gasteiger partial charge in [0.1, 0.15) is 0 Å². The van der Waals surface area contributed by atoms with Crippen LogP contribution in [0.3, 0.4) is 0 Å². The molecule has 2 aliphatic rings. The molecule has 4 heteroatoms. The number of rotatable bonds is 6. The van der Waals surface area contributed by atoms with E-state index in [1.807, 2.05) is 30.9 Å². The van der Waals surface area contributed by atoms with E-state index in [2.05, 4.69) is 51.9 Å². The summed E-state index contributed by atoms with van der Waals surface area (Å²) in [4.78, 5) is 21.3. The van der Waals surface area contributed by atoms with Crippen molar-refractivity contribution in [2.45, 2.75) is 39.7 Å². The highest BCUT2D eigenvalue weighted by Gasteiger charge is 2.23. The fourth-order valence-corrected chi connectivity index (χ4v) is 4.22. The summed E-state index contributed by atoms with van der Waals surface area (Å²) < 4.78 is 0. The largest absolute Gasteiger partial charge is 0.339 e. The minimum Gasteiger partial charge on any atom is -0.339 e. The highest BCUT2D eigenvalue weighted by Crippen LogP contribution is 2.22. The average molecular weight is 440 g/mol. The Morgan fingerprint density at radius 3 is 2.70 bits per heavy atom. The van der Waals surface area contributed by atoms with Crippen molar-refractivity contribution in [3.8, 4) is 24.2 Å². The zero-order valence-electron chi connectivity index (χ0n) is 20.0. The van der Waals surface area contributed by atoms with Crippen LogP contribution in [0.4, 0.5) is 0 Å². The first kappa shape index (κ1) is 24.3. The molecule has 3 rings (SSSR count). The van der Waals surface area contributed by atoms with Crippen LogP contribution in [0.25, 0.3) is 0 Å². The van der Waals surface area contributed by atoms with Gasteiger partial charge in [0, 0.05) is 57.1 Å². The number of nitrogens with zero attached hydrogens (tertiary/aromatic N) is 3. The van der Waals surface area contributed by atoms with Crippen molar-refractivity contribution in [1.82, 2.24) is 9.80 Å². The Hall–Kier alpha value is -3.34. The van der Waals surface area contributed by atoms with Gasteiger partial charge in [-0.25, -0.2) is 0 Å². The van der Waals surface area contributed by atoms with Gasteiger partial charge in [-0.15, -0.1) is 6.42 Å². The first-order chi connectivity index (χ1) is 16.0. The molecule has 1 aromatic carbocycles. The Balaban J connectivity index is 1.56. The number of hydrogen-bond donors (Lipinski definition) is 0. The Morgan fingerprint density at radius 1 is 1.15 bits per heavy atom. The van der Waals surface area contributed by atoms with E-state index in [0.29, 0.717) is 5.57 Å². The maximum atomic E-state index is 12.9. The van der Waals surface area contributed by atoms with E-state index in [1.165, 1.54) is 11.1 Å². The summed E-state index contributed by atoms with van der Waals surface area (Å²) >= 11 is 0. The minimum atomic E-state index is 0.107. The third kappa shape index (κ3) is 6.82. The van der Waals surface area contributed by atoms with Crippen LogP contribution in [-0.4, -0.2) is 55.1 Å². The molecule has 0 saturated heterocycles. The molecule has 0 atom stereocenters. The van der Waals surface area contributed by atoms with Gasteiger partial charge in [0.05, 0.1) is 5.57 Å². The number of amides is 1. The fourth-order valence-electron chi connectivity index (χ4n) is 4.22. The molecule has 4 nitrogen and oxygen atoms in total. The maximum Gasteiger partial charge on any atom is 0.249 e. The molecule has 0 fully saturated rings. The summed E-state index contributed by atoms with van der Waals surface area (Å²) in [5, 5.41) is 0. The molecule has 2 aliphatic heterocycles. The molecule has 0 aliphatic carbocycles. The Kier molecular flexibility index (Phi) is 8.87. The van der Waals surface area contributed by atoms with Gasteiger partial charge in [-0.2, -0.15) is 0 Å². The van der Waals surface area contributed by atoms with Crippen LogP contribution in [-0.2, 0) is 17.8 Å². The first-order valence-electron chi connectivity index (χ1n) is 11.6. The van der Waals surface area contributed by atoms with E-state index in [-0.39, 0.29) is 5.91 Å². The van der Waals surface area contributed by atoms with E-state index < -0.39 is 0 Å². The molecular formula is C29H33N3O. The normalized spacial score (nSPS) is 17.6. The second kappa shape index (κ2) is 12.0. The molecule has 0 spiro atoms. The summed E-state index contributed by atoms with van der Waals surface area (Å²) in [5.74, 6) is 8.83. The minimum absolute atomic E-state index is 0.107. The lowest BCUT2D eigenvalue weighted by Gasteiger charge is -2.31. The molecule has 1 amide bonds. The summed E-state index contributed by atoms with van der Waals surface area (Å²) in [6.07, 6.45) is 14.0. The molecule has 1 aromatic rings. The molecule has 0 saturated carbocycles. The summed E-state index contributed by atoms with van der Waals surface area (Å²) in [6, 6.07) is 8.70. The highest BCUT2D eigenvalue weighted by atomic mass is 16.2. The first-order valence-corrected chi connectivity index (χ1v) is 11.6. The van der Waals surface area contributed by atoms with Crippen LogP contribution in [0.5, 0.6) is 0 Å². The lowest BCUT2D eigenvalue weighted by atomic mass is 9.97. The van der Waals surface area contributed by atoms with E-state index >= 15 is 0 Å². The predicted molar refractivity (Wildman–Crippen MR) is 137 cm³/mol. The maximum absolute atomic E-state index is 12.9. The van der Waals surface area contributed by atoms with Gasteiger partial charge in [0.2, 0.25) is 5.91 Å². The molecular weight excluding hydrogens is 406 g/mol. The zero-order valence-corrected chi connectivity index (χ0v) is 20.0. The molecule has 2 heterocycles. The van der Waals surface area contributed by atoms with E-state index in [9.17, 15) is 4.79 Å². The number of carbonyl (C=O) groups is 1. The monoisotopic (exact) mass is 439 g/mol. The fraction of sp³-hybridized carbons (Fsp3) is 0.379. The Labute approximate surface area is 198 Å². The molecule has 33 heavy (non-hydrogen) atoms. The number of fused-ring (bicyclic) bond motifs is 1. The third-order valence-corrected chi connectivity index (χ3v) is 6.19. The van der Waals surface area contributed by atoms with Gasteiger partial charge < -0.3 is 4.90 Å². The van der Waals surface area contributed by atoms with Crippen molar-refractivity contribution < 1.29 is 4.79 Å². The summed E-state index contributed by atoms with van der Waals surface area (Å²) in [7, 11) is 1.72. The SMILES string of the molecule is C#C/C(C#C/C(C)=C/C=NC)=C\C1=C(C)C(=O)N(CCCN2CCc3ccccc3C2)CC1. The third-order valence-electron chi connectivity index (χ3n) is 6.19. The Morgan fingerprint density at radius 2 is 1.94 bits per heavy atom. The molecule has 0 N–H and O–H groups in total. The molecule has 170 valence electrons. The average Bonchev–Trinajstić information content (AvgIpc) is 2.84. The van der Waals surface area contributed by atoms with Gasteiger partial charge in [-0.1, -0.05) is 42.0 Å². The molecule has 0 bridgehead atoms. The van der Waals surface area contributed by atoms with E-state index in [1.54, 1.807) is 13.3 Å². The van der Waals surface area contributed by atoms with Crippen molar-refractivity contribution in [2.24, 2.45) is 4.99 Å². The van der Waals surface area contributed by atoms with Gasteiger partial charge in [0.15, 0.2) is 0 Å². The van der Waals surface area contributed by atoms with Crippen molar-refractivity contribution in [1.29, 1.82) is 0 Å². The van der Waals surface area contributed by atoms with Gasteiger partial charge in [-0.3, -0.25) is 14.7 Å². The van der Waals surface area contributed by atoms with Crippen LogP contribution >= 0.6 is 0 Å². The predicted octanol–water partition coefficient (Wildman–Crippen LogP) is 4.19. The van der Waals surface area contributed by atoms with Crippen molar-refractivity contribution >= 4 is 12.1 Å². The topological polar surface area (TPSA) is 35.9 Å². The second-order valence-electron chi connectivity index (χ2n) is 8.55. The number of hydrogen-bond acceptors (Lipinski definition) is 3. The standard InChI is InChI=1S/C29H33N3O/c1-5-25(12-11-23(2)13-16-30-4)21-27-15-20-32(29(33)24(27)3)18-8-17-31-19-14-26-9-6-7-10-28(26)22-31/h1,6-7,9-10,13,16,21H,8,14-15,17-20,22H2,2-4H3/b23-13+,25-21+,30-16?. The smallest absolute Gasteiger partial charge is 0.249 e. The highest BCUT2D eigenvalue weighted by molar-refractivity contribution is 5.95. The van der Waals surface area contributed by atoms with Crippen molar-refractivity contribution in [3.63, 3.8) is 0 Å². The summed E-state index contributed by atoms with van der Waals surface area (Å²) in [5.41, 5.74) is 6.15. The molecule has 0 radical (unpaired) electrons.